The number of aliphatic hydroxyl groups excluding tert-OH is 2. The van der Waals surface area contributed by atoms with Crippen molar-refractivity contribution in [3.8, 4) is 0 Å². The number of epoxide rings is 1. The summed E-state index contributed by atoms with van der Waals surface area (Å²) in [6.45, 7) is 12.2. The molecule has 218 valence electrons. The van der Waals surface area contributed by atoms with Crippen LogP contribution in [0.5, 0.6) is 0 Å². The van der Waals surface area contributed by atoms with Crippen LogP contribution in [-0.2, 0) is 35.2 Å². The number of hydrogen-bond acceptors (Lipinski definition) is 10. The summed E-state index contributed by atoms with van der Waals surface area (Å²) in [5.41, 5.74) is -0.168. The fourth-order valence-corrected chi connectivity index (χ4v) is 5.90. The molecular formula is C29H43NO8S. The molecule has 3 heterocycles. The van der Waals surface area contributed by atoms with Crippen molar-refractivity contribution in [1.82, 2.24) is 4.98 Å². The minimum Gasteiger partial charge on any atom is -0.458 e. The van der Waals surface area contributed by atoms with E-state index in [4.69, 9.17) is 14.2 Å². The summed E-state index contributed by atoms with van der Waals surface area (Å²) in [7, 11) is 0. The first kappa shape index (κ1) is 31.4. The van der Waals surface area contributed by atoms with Crippen LogP contribution in [0.4, 0.5) is 0 Å². The third-order valence-corrected chi connectivity index (χ3v) is 9.10. The van der Waals surface area contributed by atoms with E-state index in [0.29, 0.717) is 17.1 Å². The van der Waals surface area contributed by atoms with Crippen LogP contribution in [0.1, 0.15) is 91.3 Å². The summed E-state index contributed by atoms with van der Waals surface area (Å²) in [4.78, 5) is 41.9. The van der Waals surface area contributed by atoms with Gasteiger partial charge in [0.05, 0.1) is 41.4 Å². The predicted molar refractivity (Wildman–Crippen MR) is 147 cm³/mol. The lowest BCUT2D eigenvalue weighted by molar-refractivity contribution is -0.154. The molecule has 7 atom stereocenters. The summed E-state index contributed by atoms with van der Waals surface area (Å²) >= 11 is 1.37. The molecule has 0 aromatic carbocycles. The molecule has 9 nitrogen and oxygen atoms in total. The van der Waals surface area contributed by atoms with Crippen molar-refractivity contribution in [2.24, 2.45) is 17.3 Å². The number of ether oxygens (including phenoxy) is 3. The lowest BCUT2D eigenvalue weighted by Crippen LogP contribution is -2.45. The number of ketones is 1. The SMILES string of the molecule is CC(=O)OCc1nc(/C=C(\C)C2CC3OC3(C)CCCC(C)C(O)C(C)C(=O)C(C)(C)C(O)CC(=O)O2)cs1. The monoisotopic (exact) mass is 565 g/mol. The Bertz CT molecular complexity index is 1080. The molecule has 10 heteroatoms. The lowest BCUT2D eigenvalue weighted by Gasteiger charge is -2.34. The largest absolute Gasteiger partial charge is 0.458 e. The van der Waals surface area contributed by atoms with Crippen LogP contribution in [0, 0.1) is 17.3 Å². The number of carbonyl (C=O) groups excluding carboxylic acids is 3. The van der Waals surface area contributed by atoms with Gasteiger partial charge in [-0.3, -0.25) is 14.4 Å². The second kappa shape index (κ2) is 12.6. The minimum absolute atomic E-state index is 0.0974. The van der Waals surface area contributed by atoms with Gasteiger partial charge in [-0.15, -0.1) is 11.3 Å². The third kappa shape index (κ3) is 7.96. The second-order valence-corrected chi connectivity index (χ2v) is 12.9. The molecule has 39 heavy (non-hydrogen) atoms. The van der Waals surface area contributed by atoms with Gasteiger partial charge in [0.2, 0.25) is 0 Å². The number of fused-ring (bicyclic) bond motifs is 1. The molecular weight excluding hydrogens is 522 g/mol. The molecule has 0 spiro atoms. The van der Waals surface area contributed by atoms with Gasteiger partial charge in [0.15, 0.2) is 0 Å². The number of hydrogen-bond donors (Lipinski definition) is 2. The molecule has 0 bridgehead atoms. The van der Waals surface area contributed by atoms with Crippen molar-refractivity contribution in [2.75, 3.05) is 0 Å². The Hall–Kier alpha value is -2.14. The van der Waals surface area contributed by atoms with E-state index in [1.807, 2.05) is 32.2 Å². The average Bonchev–Trinajstić information content (AvgIpc) is 3.27. The lowest BCUT2D eigenvalue weighted by atomic mass is 9.73. The molecule has 3 rings (SSSR count). The fourth-order valence-electron chi connectivity index (χ4n) is 5.24. The number of carbonyl (C=O) groups is 3. The third-order valence-electron chi connectivity index (χ3n) is 8.26. The summed E-state index contributed by atoms with van der Waals surface area (Å²) in [6, 6.07) is 0. The molecule has 2 saturated heterocycles. The summed E-state index contributed by atoms with van der Waals surface area (Å²) < 4.78 is 17.0. The number of cyclic esters (lactones) is 1. The van der Waals surface area contributed by atoms with Crippen molar-refractivity contribution in [1.29, 1.82) is 0 Å². The zero-order chi connectivity index (χ0) is 29.1. The molecule has 1 aromatic rings. The Balaban J connectivity index is 1.83. The van der Waals surface area contributed by atoms with Crippen molar-refractivity contribution in [3.05, 3.63) is 21.7 Å². The van der Waals surface area contributed by atoms with Crippen molar-refractivity contribution in [2.45, 2.75) is 117 Å². The zero-order valence-corrected chi connectivity index (χ0v) is 24.9. The molecule has 0 amide bonds. The Kier molecular flexibility index (Phi) is 10.1. The van der Waals surface area contributed by atoms with E-state index in [9.17, 15) is 24.6 Å². The average molecular weight is 566 g/mol. The summed E-state index contributed by atoms with van der Waals surface area (Å²) in [5.74, 6) is -2.07. The second-order valence-electron chi connectivity index (χ2n) is 11.9. The smallest absolute Gasteiger partial charge is 0.309 e. The number of aromatic nitrogens is 1. The molecule has 0 saturated carbocycles. The van der Waals surface area contributed by atoms with Gasteiger partial charge in [0.25, 0.3) is 0 Å². The fraction of sp³-hybridized carbons (Fsp3) is 0.724. The van der Waals surface area contributed by atoms with Gasteiger partial charge in [-0.05, 0) is 44.3 Å². The molecule has 2 N–H and O–H groups in total. The first-order valence-electron chi connectivity index (χ1n) is 13.7. The number of rotatable bonds is 4. The molecule has 2 aliphatic rings. The van der Waals surface area contributed by atoms with Crippen molar-refractivity contribution >= 4 is 35.1 Å². The first-order valence-corrected chi connectivity index (χ1v) is 14.6. The number of thiazole rings is 1. The van der Waals surface area contributed by atoms with Crippen molar-refractivity contribution < 1.29 is 38.8 Å². The number of Topliss-reactive ketones (excluding diaryl/α,β-unsaturated/α-hetero) is 1. The topological polar surface area (TPSA) is 136 Å². The highest BCUT2D eigenvalue weighted by atomic mass is 32.1. The summed E-state index contributed by atoms with van der Waals surface area (Å²) in [5, 5.41) is 24.3. The standard InChI is InChI=1S/C29H43NO8S/c1-16-9-8-10-29(7)23(38-29)12-21(17(2)11-20-15-39-24(30-20)14-36-19(4)31)37-25(33)13-22(32)28(5,6)27(35)18(3)26(16)34/h11,15-16,18,21-23,26,32,34H,8-10,12-14H2,1-7H3/b17-11+. The van der Waals surface area contributed by atoms with E-state index < -0.39 is 35.6 Å². The van der Waals surface area contributed by atoms with E-state index in [2.05, 4.69) is 4.98 Å². The van der Waals surface area contributed by atoms with Crippen LogP contribution in [0.3, 0.4) is 0 Å². The highest BCUT2D eigenvalue weighted by Crippen LogP contribution is 2.45. The van der Waals surface area contributed by atoms with Crippen LogP contribution in [0.25, 0.3) is 6.08 Å². The van der Waals surface area contributed by atoms with Gasteiger partial charge in [0, 0.05) is 24.6 Å². The molecule has 2 fully saturated rings. The van der Waals surface area contributed by atoms with E-state index >= 15 is 0 Å². The molecule has 0 aliphatic carbocycles. The van der Waals surface area contributed by atoms with E-state index in [0.717, 1.165) is 24.8 Å². The van der Waals surface area contributed by atoms with Gasteiger partial charge in [-0.2, -0.15) is 0 Å². The van der Waals surface area contributed by atoms with Crippen LogP contribution in [0.15, 0.2) is 11.0 Å². The van der Waals surface area contributed by atoms with Gasteiger partial charge >= 0.3 is 11.9 Å². The maximum absolute atomic E-state index is 13.3. The molecule has 1 aromatic heterocycles. The minimum atomic E-state index is -1.27. The highest BCUT2D eigenvalue weighted by Gasteiger charge is 2.53. The van der Waals surface area contributed by atoms with Crippen LogP contribution in [-0.4, -0.2) is 62.9 Å². The van der Waals surface area contributed by atoms with Crippen LogP contribution < -0.4 is 0 Å². The Morgan fingerprint density at radius 3 is 2.59 bits per heavy atom. The summed E-state index contributed by atoms with van der Waals surface area (Å²) in [6.07, 6.45) is 1.44. The van der Waals surface area contributed by atoms with Crippen LogP contribution in [0.2, 0.25) is 0 Å². The van der Waals surface area contributed by atoms with Gasteiger partial charge in [0.1, 0.15) is 23.5 Å². The number of nitrogens with zero attached hydrogens (tertiary/aromatic N) is 1. The maximum Gasteiger partial charge on any atom is 0.309 e. The predicted octanol–water partition coefficient (Wildman–Crippen LogP) is 4.23. The Morgan fingerprint density at radius 2 is 1.92 bits per heavy atom. The number of aliphatic hydroxyl groups is 2. The van der Waals surface area contributed by atoms with E-state index in [1.54, 1.807) is 20.8 Å². The van der Waals surface area contributed by atoms with E-state index in [-0.39, 0.29) is 42.4 Å². The Labute approximate surface area is 234 Å². The van der Waals surface area contributed by atoms with Gasteiger partial charge in [-0.25, -0.2) is 4.98 Å². The van der Waals surface area contributed by atoms with Crippen molar-refractivity contribution in [3.63, 3.8) is 0 Å². The molecule has 2 aliphatic heterocycles. The zero-order valence-electron chi connectivity index (χ0n) is 24.1. The normalized spacial score (nSPS) is 34.6. The van der Waals surface area contributed by atoms with E-state index in [1.165, 1.54) is 18.3 Å². The Morgan fingerprint density at radius 1 is 1.23 bits per heavy atom. The van der Waals surface area contributed by atoms with Gasteiger partial charge < -0.3 is 24.4 Å². The highest BCUT2D eigenvalue weighted by molar-refractivity contribution is 7.09. The first-order chi connectivity index (χ1) is 18.1. The quantitative estimate of drug-likeness (QED) is 0.406. The maximum atomic E-state index is 13.3. The van der Waals surface area contributed by atoms with Crippen LogP contribution >= 0.6 is 11.3 Å². The molecule has 7 unspecified atom stereocenters. The molecule has 0 radical (unpaired) electrons. The number of esters is 2. The van der Waals surface area contributed by atoms with Gasteiger partial charge in [-0.1, -0.05) is 34.1 Å².